The molecule has 0 saturated heterocycles. The fourth-order valence-corrected chi connectivity index (χ4v) is 3.85. The second kappa shape index (κ2) is 9.26. The van der Waals surface area contributed by atoms with Crippen LogP contribution in [0.25, 0.3) is 11.4 Å². The van der Waals surface area contributed by atoms with Gasteiger partial charge in [0.25, 0.3) is 0 Å². The van der Waals surface area contributed by atoms with E-state index in [0.717, 1.165) is 11.1 Å². The number of hydrogen-bond acceptors (Lipinski definition) is 4. The van der Waals surface area contributed by atoms with E-state index in [4.69, 9.17) is 23.2 Å². The monoisotopic (exact) mass is 420 g/mol. The van der Waals surface area contributed by atoms with Crippen molar-refractivity contribution in [3.8, 4) is 11.4 Å². The van der Waals surface area contributed by atoms with Crippen LogP contribution in [0.15, 0.2) is 53.7 Å². The van der Waals surface area contributed by atoms with Crippen LogP contribution in [0, 0.1) is 0 Å². The van der Waals surface area contributed by atoms with Gasteiger partial charge in [0.2, 0.25) is 5.91 Å². The van der Waals surface area contributed by atoms with E-state index in [2.05, 4.69) is 15.5 Å². The third-order valence-electron chi connectivity index (χ3n) is 3.87. The second-order valence-electron chi connectivity index (χ2n) is 5.73. The molecular formula is C19H18Cl2N4OS. The summed E-state index contributed by atoms with van der Waals surface area (Å²) in [6, 6.07) is 15.1. The number of benzene rings is 2. The van der Waals surface area contributed by atoms with Gasteiger partial charge in [-0.15, -0.1) is 10.2 Å². The van der Waals surface area contributed by atoms with E-state index in [1.54, 1.807) is 12.1 Å². The van der Waals surface area contributed by atoms with Crippen LogP contribution in [0.3, 0.4) is 0 Å². The van der Waals surface area contributed by atoms with Crippen molar-refractivity contribution in [2.45, 2.75) is 25.2 Å². The van der Waals surface area contributed by atoms with Crippen molar-refractivity contribution in [2.24, 2.45) is 0 Å². The summed E-state index contributed by atoms with van der Waals surface area (Å²) in [6.07, 6.45) is 0. The molecule has 0 spiro atoms. The molecule has 27 heavy (non-hydrogen) atoms. The van der Waals surface area contributed by atoms with Crippen LogP contribution in [0.4, 0.5) is 0 Å². The molecule has 3 rings (SSSR count). The van der Waals surface area contributed by atoms with E-state index in [1.165, 1.54) is 11.8 Å². The molecule has 2 aromatic carbocycles. The van der Waals surface area contributed by atoms with Gasteiger partial charge in [-0.05, 0) is 30.7 Å². The van der Waals surface area contributed by atoms with E-state index in [-0.39, 0.29) is 11.7 Å². The zero-order valence-electron chi connectivity index (χ0n) is 14.7. The zero-order valence-corrected chi connectivity index (χ0v) is 17.0. The minimum Gasteiger partial charge on any atom is -0.351 e. The third-order valence-corrected chi connectivity index (χ3v) is 5.38. The highest BCUT2D eigenvalue weighted by Gasteiger charge is 2.16. The predicted molar refractivity (Wildman–Crippen MR) is 110 cm³/mol. The normalized spacial score (nSPS) is 10.8. The molecule has 0 bridgehead atoms. The van der Waals surface area contributed by atoms with Crippen LogP contribution in [0.2, 0.25) is 10.0 Å². The summed E-state index contributed by atoms with van der Waals surface area (Å²) in [5, 5.41) is 13.1. The lowest BCUT2D eigenvalue weighted by molar-refractivity contribution is -0.118. The van der Waals surface area contributed by atoms with Crippen molar-refractivity contribution in [3.05, 3.63) is 64.1 Å². The van der Waals surface area contributed by atoms with Crippen molar-refractivity contribution in [1.82, 2.24) is 20.1 Å². The average molecular weight is 421 g/mol. The van der Waals surface area contributed by atoms with Gasteiger partial charge >= 0.3 is 0 Å². The number of aromatic nitrogens is 3. The van der Waals surface area contributed by atoms with E-state index in [0.29, 0.717) is 34.1 Å². The smallest absolute Gasteiger partial charge is 0.230 e. The number of carbonyl (C=O) groups excluding carboxylic acids is 1. The van der Waals surface area contributed by atoms with Crippen molar-refractivity contribution in [3.63, 3.8) is 0 Å². The number of carbonyl (C=O) groups is 1. The maximum atomic E-state index is 12.1. The Morgan fingerprint density at radius 3 is 2.63 bits per heavy atom. The Kier molecular flexibility index (Phi) is 6.77. The lowest BCUT2D eigenvalue weighted by Gasteiger charge is -2.09. The highest BCUT2D eigenvalue weighted by atomic mass is 35.5. The largest absolute Gasteiger partial charge is 0.351 e. The molecule has 0 atom stereocenters. The summed E-state index contributed by atoms with van der Waals surface area (Å²) in [5.74, 6) is 0.867. The van der Waals surface area contributed by atoms with Crippen LogP contribution in [-0.2, 0) is 17.9 Å². The Bertz CT molecular complexity index is 931. The Labute approximate surface area is 172 Å². The molecule has 0 aliphatic heterocycles. The number of thioether (sulfide) groups is 1. The van der Waals surface area contributed by atoms with Crippen molar-refractivity contribution >= 4 is 40.9 Å². The molecule has 1 amide bonds. The fourth-order valence-electron chi connectivity index (χ4n) is 2.53. The lowest BCUT2D eigenvalue weighted by Crippen LogP contribution is -2.24. The van der Waals surface area contributed by atoms with E-state index in [9.17, 15) is 4.79 Å². The zero-order chi connectivity index (χ0) is 19.2. The Balaban J connectivity index is 1.65. The fraction of sp³-hybridized carbons (Fsp3) is 0.211. The number of hydrogen-bond donors (Lipinski definition) is 1. The molecule has 140 valence electrons. The Hall–Kier alpha value is -2.02. The molecular weight excluding hydrogens is 403 g/mol. The summed E-state index contributed by atoms with van der Waals surface area (Å²) < 4.78 is 1.93. The predicted octanol–water partition coefficient (Wildman–Crippen LogP) is 4.68. The molecule has 0 saturated carbocycles. The van der Waals surface area contributed by atoms with Gasteiger partial charge in [0.1, 0.15) is 0 Å². The van der Waals surface area contributed by atoms with E-state index < -0.39 is 0 Å². The maximum absolute atomic E-state index is 12.1. The van der Waals surface area contributed by atoms with Gasteiger partial charge in [0, 0.05) is 23.7 Å². The molecule has 1 N–H and O–H groups in total. The second-order valence-corrected chi connectivity index (χ2v) is 7.51. The molecule has 0 aliphatic carbocycles. The average Bonchev–Trinajstić information content (AvgIpc) is 3.08. The number of nitrogens with one attached hydrogen (secondary N) is 1. The lowest BCUT2D eigenvalue weighted by atomic mass is 10.2. The molecule has 0 unspecified atom stereocenters. The van der Waals surface area contributed by atoms with Gasteiger partial charge in [0.15, 0.2) is 11.0 Å². The van der Waals surface area contributed by atoms with Gasteiger partial charge in [-0.1, -0.05) is 65.3 Å². The topological polar surface area (TPSA) is 59.8 Å². The summed E-state index contributed by atoms with van der Waals surface area (Å²) in [5.41, 5.74) is 1.82. The van der Waals surface area contributed by atoms with Gasteiger partial charge in [-0.25, -0.2) is 0 Å². The summed E-state index contributed by atoms with van der Waals surface area (Å²) in [6.45, 7) is 3.16. The Morgan fingerprint density at radius 2 is 1.93 bits per heavy atom. The van der Waals surface area contributed by atoms with Crippen LogP contribution in [0.5, 0.6) is 0 Å². The minimum absolute atomic E-state index is 0.0550. The van der Waals surface area contributed by atoms with Crippen LogP contribution < -0.4 is 5.32 Å². The van der Waals surface area contributed by atoms with Crippen molar-refractivity contribution in [1.29, 1.82) is 0 Å². The van der Waals surface area contributed by atoms with Gasteiger partial charge < -0.3 is 9.88 Å². The highest BCUT2D eigenvalue weighted by Crippen LogP contribution is 2.31. The number of halogens is 2. The maximum Gasteiger partial charge on any atom is 0.230 e. The van der Waals surface area contributed by atoms with Crippen molar-refractivity contribution in [2.75, 3.05) is 5.75 Å². The number of rotatable bonds is 7. The van der Waals surface area contributed by atoms with Crippen LogP contribution in [-0.4, -0.2) is 26.4 Å². The van der Waals surface area contributed by atoms with E-state index >= 15 is 0 Å². The third kappa shape index (κ3) is 5.03. The van der Waals surface area contributed by atoms with Gasteiger partial charge in [-0.2, -0.15) is 0 Å². The number of amides is 1. The van der Waals surface area contributed by atoms with Gasteiger partial charge in [-0.3, -0.25) is 4.79 Å². The molecule has 1 heterocycles. The van der Waals surface area contributed by atoms with Crippen LogP contribution in [0.1, 0.15) is 12.5 Å². The highest BCUT2D eigenvalue weighted by molar-refractivity contribution is 7.99. The SMILES string of the molecule is CCn1c(SCC(=O)NCc2ccccc2)nnc1-c1ccc(Cl)cc1Cl. The molecule has 3 aromatic rings. The number of nitrogens with zero attached hydrogens (tertiary/aromatic N) is 3. The first-order chi connectivity index (χ1) is 13.1. The first kappa shape index (κ1) is 19.7. The standard InChI is InChI=1S/C19H18Cl2N4OS/c1-2-25-18(15-9-8-14(20)10-16(15)21)23-24-19(25)27-12-17(26)22-11-13-6-4-3-5-7-13/h3-10H,2,11-12H2,1H3,(H,22,26). The van der Waals surface area contributed by atoms with E-state index in [1.807, 2.05) is 47.9 Å². The van der Waals surface area contributed by atoms with Crippen LogP contribution >= 0.6 is 35.0 Å². The summed E-state index contributed by atoms with van der Waals surface area (Å²) in [7, 11) is 0. The molecule has 0 aliphatic rings. The molecule has 8 heteroatoms. The quantitative estimate of drug-likeness (QED) is 0.563. The van der Waals surface area contributed by atoms with Gasteiger partial charge in [0.05, 0.1) is 10.8 Å². The Morgan fingerprint density at radius 1 is 1.15 bits per heavy atom. The first-order valence-electron chi connectivity index (χ1n) is 8.40. The summed E-state index contributed by atoms with van der Waals surface area (Å²) >= 11 is 13.6. The summed E-state index contributed by atoms with van der Waals surface area (Å²) in [4.78, 5) is 12.1. The first-order valence-corrected chi connectivity index (χ1v) is 10.1. The minimum atomic E-state index is -0.0550. The molecule has 0 fully saturated rings. The van der Waals surface area contributed by atoms with Crippen molar-refractivity contribution < 1.29 is 4.79 Å². The molecule has 0 radical (unpaired) electrons. The molecule has 1 aromatic heterocycles. The molecule has 5 nitrogen and oxygen atoms in total.